The Morgan fingerprint density at radius 1 is 1.24 bits per heavy atom. The molecule has 0 radical (unpaired) electrons. The maximum atomic E-state index is 6.15. The lowest BCUT2D eigenvalue weighted by molar-refractivity contribution is 0.131. The van der Waals surface area contributed by atoms with Gasteiger partial charge in [0.2, 0.25) is 0 Å². The van der Waals surface area contributed by atoms with Crippen molar-refractivity contribution < 1.29 is 9.47 Å². The summed E-state index contributed by atoms with van der Waals surface area (Å²) in [5.74, 6) is 1.42. The molecule has 2 N–H and O–H groups in total. The van der Waals surface area contributed by atoms with E-state index in [2.05, 4.69) is 0 Å². The third-order valence-corrected chi connectivity index (χ3v) is 2.46. The van der Waals surface area contributed by atoms with Gasteiger partial charge in [0.15, 0.2) is 0 Å². The average molecular weight is 258 g/mol. The van der Waals surface area contributed by atoms with Gasteiger partial charge in [-0.3, -0.25) is 0 Å². The van der Waals surface area contributed by atoms with E-state index in [0.29, 0.717) is 17.3 Å². The number of nitrogens with two attached hydrogens (primary N) is 1. The van der Waals surface area contributed by atoms with E-state index in [4.69, 9.17) is 26.8 Å². The van der Waals surface area contributed by atoms with Crippen LogP contribution in [0.1, 0.15) is 26.3 Å². The molecule has 3 nitrogen and oxygen atoms in total. The van der Waals surface area contributed by atoms with Crippen molar-refractivity contribution in [3.63, 3.8) is 0 Å². The van der Waals surface area contributed by atoms with Gasteiger partial charge in [-0.1, -0.05) is 11.6 Å². The minimum Gasteiger partial charge on any atom is -0.496 e. The molecule has 0 bridgehead atoms. The van der Waals surface area contributed by atoms with E-state index in [1.165, 1.54) is 0 Å². The average Bonchev–Trinajstić information content (AvgIpc) is 2.21. The molecule has 4 heteroatoms. The van der Waals surface area contributed by atoms with Gasteiger partial charge in [-0.05, 0) is 45.4 Å². The number of methoxy groups -OCH3 is 1. The SMILES string of the molecule is COc1cc(Cl)c(OC(C)(C)C)cc1CCN. The Bertz CT molecular complexity index is 386. The highest BCUT2D eigenvalue weighted by Crippen LogP contribution is 2.34. The molecule has 0 aromatic heterocycles. The predicted octanol–water partition coefficient (Wildman–Crippen LogP) is 3.03. The van der Waals surface area contributed by atoms with Crippen LogP contribution in [-0.4, -0.2) is 19.3 Å². The van der Waals surface area contributed by atoms with Crippen LogP contribution in [-0.2, 0) is 6.42 Å². The summed E-state index contributed by atoms with van der Waals surface area (Å²) < 4.78 is 11.1. The number of halogens is 1. The molecule has 17 heavy (non-hydrogen) atoms. The number of benzene rings is 1. The highest BCUT2D eigenvalue weighted by molar-refractivity contribution is 6.32. The molecular weight excluding hydrogens is 238 g/mol. The van der Waals surface area contributed by atoms with Crippen LogP contribution in [0.25, 0.3) is 0 Å². The van der Waals surface area contributed by atoms with Crippen LogP contribution >= 0.6 is 11.6 Å². The molecule has 0 aliphatic carbocycles. The van der Waals surface area contributed by atoms with Gasteiger partial charge >= 0.3 is 0 Å². The molecule has 1 aromatic carbocycles. The molecule has 0 fully saturated rings. The summed E-state index contributed by atoms with van der Waals surface area (Å²) in [5.41, 5.74) is 6.30. The molecule has 0 saturated carbocycles. The topological polar surface area (TPSA) is 44.5 Å². The molecular formula is C13H20ClNO2. The van der Waals surface area contributed by atoms with Crippen LogP contribution in [0, 0.1) is 0 Å². The first kappa shape index (κ1) is 14.1. The summed E-state index contributed by atoms with van der Waals surface area (Å²) >= 11 is 6.15. The Morgan fingerprint density at radius 2 is 1.88 bits per heavy atom. The van der Waals surface area contributed by atoms with E-state index in [0.717, 1.165) is 17.7 Å². The van der Waals surface area contributed by atoms with Crippen molar-refractivity contribution >= 4 is 11.6 Å². The molecule has 0 saturated heterocycles. The quantitative estimate of drug-likeness (QED) is 0.902. The second-order valence-electron chi connectivity index (χ2n) is 4.85. The minimum atomic E-state index is -0.280. The van der Waals surface area contributed by atoms with Gasteiger partial charge in [0.1, 0.15) is 17.1 Å². The zero-order chi connectivity index (χ0) is 13.1. The molecule has 1 aromatic rings. The summed E-state index contributed by atoms with van der Waals surface area (Å²) in [6.07, 6.45) is 0.737. The van der Waals surface area contributed by atoms with Crippen molar-refractivity contribution in [2.75, 3.05) is 13.7 Å². The fourth-order valence-corrected chi connectivity index (χ4v) is 1.72. The summed E-state index contributed by atoms with van der Waals surface area (Å²) in [7, 11) is 1.62. The number of ether oxygens (including phenoxy) is 2. The molecule has 1 rings (SSSR count). The van der Waals surface area contributed by atoms with Crippen LogP contribution in [0.4, 0.5) is 0 Å². The van der Waals surface area contributed by atoms with Crippen LogP contribution in [0.15, 0.2) is 12.1 Å². The molecule has 0 spiro atoms. The van der Waals surface area contributed by atoms with E-state index in [1.807, 2.05) is 26.8 Å². The van der Waals surface area contributed by atoms with Gasteiger partial charge in [0.05, 0.1) is 12.1 Å². The fraction of sp³-hybridized carbons (Fsp3) is 0.538. The minimum absolute atomic E-state index is 0.280. The molecule has 0 atom stereocenters. The highest BCUT2D eigenvalue weighted by Gasteiger charge is 2.16. The standard InChI is InChI=1S/C13H20ClNO2/c1-13(2,3)17-12-7-9(5-6-15)11(16-4)8-10(12)14/h7-8H,5-6,15H2,1-4H3. The van der Waals surface area contributed by atoms with Gasteiger partial charge < -0.3 is 15.2 Å². The van der Waals surface area contributed by atoms with Crippen LogP contribution < -0.4 is 15.2 Å². The summed E-state index contributed by atoms with van der Waals surface area (Å²) in [4.78, 5) is 0. The first-order valence-electron chi connectivity index (χ1n) is 5.63. The smallest absolute Gasteiger partial charge is 0.139 e. The van der Waals surface area contributed by atoms with Gasteiger partial charge in [-0.25, -0.2) is 0 Å². The van der Waals surface area contributed by atoms with E-state index < -0.39 is 0 Å². The van der Waals surface area contributed by atoms with Gasteiger partial charge in [-0.2, -0.15) is 0 Å². The summed E-state index contributed by atoms with van der Waals surface area (Å²) in [6, 6.07) is 3.67. The highest BCUT2D eigenvalue weighted by atomic mass is 35.5. The molecule has 0 aliphatic rings. The van der Waals surface area contributed by atoms with Gasteiger partial charge in [0.25, 0.3) is 0 Å². The third-order valence-electron chi connectivity index (χ3n) is 2.16. The molecule has 0 amide bonds. The van der Waals surface area contributed by atoms with Gasteiger partial charge in [-0.15, -0.1) is 0 Å². The zero-order valence-electron chi connectivity index (χ0n) is 10.8. The maximum Gasteiger partial charge on any atom is 0.139 e. The van der Waals surface area contributed by atoms with Crippen molar-refractivity contribution in [3.8, 4) is 11.5 Å². The number of hydrogen-bond acceptors (Lipinski definition) is 3. The number of rotatable bonds is 4. The van der Waals surface area contributed by atoms with Crippen molar-refractivity contribution in [2.24, 2.45) is 5.73 Å². The predicted molar refractivity (Wildman–Crippen MR) is 71.1 cm³/mol. The summed E-state index contributed by atoms with van der Waals surface area (Å²) in [5, 5.41) is 0.553. The Morgan fingerprint density at radius 3 is 2.35 bits per heavy atom. The van der Waals surface area contributed by atoms with Crippen molar-refractivity contribution in [1.29, 1.82) is 0 Å². The first-order valence-corrected chi connectivity index (χ1v) is 6.00. The molecule has 96 valence electrons. The Kier molecular flexibility index (Phi) is 4.66. The van der Waals surface area contributed by atoms with Crippen molar-refractivity contribution in [3.05, 3.63) is 22.7 Å². The van der Waals surface area contributed by atoms with E-state index in [9.17, 15) is 0 Å². The van der Waals surface area contributed by atoms with Crippen molar-refractivity contribution in [2.45, 2.75) is 32.8 Å². The van der Waals surface area contributed by atoms with Gasteiger partial charge in [0, 0.05) is 6.07 Å². The molecule has 0 heterocycles. The van der Waals surface area contributed by atoms with Crippen molar-refractivity contribution in [1.82, 2.24) is 0 Å². The van der Waals surface area contributed by atoms with Crippen LogP contribution in [0.2, 0.25) is 5.02 Å². The van der Waals surface area contributed by atoms with E-state index in [-0.39, 0.29) is 5.60 Å². The normalized spacial score (nSPS) is 11.4. The Balaban J connectivity index is 3.10. The Hall–Kier alpha value is -0.930. The lowest BCUT2D eigenvalue weighted by atomic mass is 10.1. The second-order valence-corrected chi connectivity index (χ2v) is 5.25. The number of hydrogen-bond donors (Lipinski definition) is 1. The zero-order valence-corrected chi connectivity index (χ0v) is 11.6. The molecule has 0 unspecified atom stereocenters. The first-order chi connectivity index (χ1) is 7.87. The fourth-order valence-electron chi connectivity index (χ4n) is 1.53. The second kappa shape index (κ2) is 5.61. The third kappa shape index (κ3) is 4.10. The lowest BCUT2D eigenvalue weighted by Crippen LogP contribution is -2.23. The largest absolute Gasteiger partial charge is 0.496 e. The summed E-state index contributed by atoms with van der Waals surface area (Å²) in [6.45, 7) is 6.51. The Labute approximate surface area is 108 Å². The van der Waals surface area contributed by atoms with E-state index in [1.54, 1.807) is 13.2 Å². The monoisotopic (exact) mass is 257 g/mol. The molecule has 0 aliphatic heterocycles. The van der Waals surface area contributed by atoms with E-state index >= 15 is 0 Å². The van der Waals surface area contributed by atoms with Crippen LogP contribution in [0.5, 0.6) is 11.5 Å². The maximum absolute atomic E-state index is 6.15. The lowest BCUT2D eigenvalue weighted by Gasteiger charge is -2.23. The van der Waals surface area contributed by atoms with Crippen LogP contribution in [0.3, 0.4) is 0 Å².